The van der Waals surface area contributed by atoms with E-state index in [4.69, 9.17) is 11.6 Å². The van der Waals surface area contributed by atoms with Gasteiger partial charge in [0.05, 0.1) is 6.04 Å². The topological polar surface area (TPSA) is 70.7 Å². The van der Waals surface area contributed by atoms with E-state index in [-0.39, 0.29) is 17.9 Å². The summed E-state index contributed by atoms with van der Waals surface area (Å²) in [5, 5.41) is 10.7. The zero-order valence-electron chi connectivity index (χ0n) is 13.1. The lowest BCUT2D eigenvalue weighted by Crippen LogP contribution is -2.32. The molecule has 2 N–H and O–H groups in total. The van der Waals surface area contributed by atoms with Crippen LogP contribution in [0.4, 0.5) is 0 Å². The van der Waals surface area contributed by atoms with Crippen LogP contribution in [0.2, 0.25) is 5.02 Å². The van der Waals surface area contributed by atoms with Gasteiger partial charge in [-0.25, -0.2) is 4.98 Å². The molecule has 1 aromatic carbocycles. The summed E-state index contributed by atoms with van der Waals surface area (Å²) in [5.41, 5.74) is 1.05. The van der Waals surface area contributed by atoms with Crippen molar-refractivity contribution in [3.05, 3.63) is 46.5 Å². The highest BCUT2D eigenvalue weighted by Crippen LogP contribution is 2.18. The van der Waals surface area contributed by atoms with Crippen LogP contribution in [0.3, 0.4) is 0 Å². The standard InChI is InChI=1S/C16H21ClN4O/c1-10(2)15(16-18-11(3)20-21-16)19-14(22)8-7-12-5-4-6-13(17)9-12/h4-6,9-10,15H,7-8H2,1-3H3,(H,19,22)(H,18,20,21)/t15-/m1/s1. The average molecular weight is 321 g/mol. The van der Waals surface area contributed by atoms with Gasteiger partial charge in [0.2, 0.25) is 5.91 Å². The number of H-pyrrole nitrogens is 1. The minimum Gasteiger partial charge on any atom is -0.346 e. The van der Waals surface area contributed by atoms with Crippen LogP contribution >= 0.6 is 11.6 Å². The van der Waals surface area contributed by atoms with Crippen molar-refractivity contribution in [2.75, 3.05) is 0 Å². The van der Waals surface area contributed by atoms with E-state index in [2.05, 4.69) is 20.5 Å². The molecule has 2 aromatic rings. The number of benzene rings is 1. The maximum Gasteiger partial charge on any atom is 0.220 e. The fourth-order valence-corrected chi connectivity index (χ4v) is 2.44. The van der Waals surface area contributed by atoms with Crippen molar-refractivity contribution in [1.82, 2.24) is 20.5 Å². The number of halogens is 1. The minimum atomic E-state index is -0.184. The number of rotatable bonds is 6. The molecule has 22 heavy (non-hydrogen) atoms. The molecule has 0 saturated heterocycles. The quantitative estimate of drug-likeness (QED) is 0.858. The first kappa shape index (κ1) is 16.5. The summed E-state index contributed by atoms with van der Waals surface area (Å²) in [7, 11) is 0. The summed E-state index contributed by atoms with van der Waals surface area (Å²) in [6, 6.07) is 7.39. The van der Waals surface area contributed by atoms with Gasteiger partial charge in [-0.05, 0) is 37.0 Å². The lowest BCUT2D eigenvalue weighted by Gasteiger charge is -2.19. The molecule has 0 aliphatic rings. The van der Waals surface area contributed by atoms with Gasteiger partial charge in [-0.3, -0.25) is 9.89 Å². The largest absolute Gasteiger partial charge is 0.346 e. The first-order valence-electron chi connectivity index (χ1n) is 7.38. The number of hydrogen-bond acceptors (Lipinski definition) is 3. The Balaban J connectivity index is 1.94. The SMILES string of the molecule is Cc1nc([C@H](NC(=O)CCc2cccc(Cl)c2)C(C)C)n[nH]1. The molecule has 5 nitrogen and oxygen atoms in total. The molecule has 0 unspecified atom stereocenters. The predicted octanol–water partition coefficient (Wildman–Crippen LogP) is 3.21. The molecule has 0 bridgehead atoms. The van der Waals surface area contributed by atoms with Crippen LogP contribution in [0.1, 0.15) is 43.5 Å². The Morgan fingerprint density at radius 2 is 2.18 bits per heavy atom. The molecule has 0 spiro atoms. The molecule has 1 amide bonds. The van der Waals surface area contributed by atoms with Crippen molar-refractivity contribution < 1.29 is 4.79 Å². The molecule has 118 valence electrons. The summed E-state index contributed by atoms with van der Waals surface area (Å²) in [6.45, 7) is 5.91. The van der Waals surface area contributed by atoms with Crippen LogP contribution in [0.25, 0.3) is 0 Å². The van der Waals surface area contributed by atoms with E-state index in [1.54, 1.807) is 0 Å². The Kier molecular flexibility index (Phi) is 5.55. The number of aromatic amines is 1. The number of aryl methyl sites for hydroxylation is 2. The minimum absolute atomic E-state index is 0.0128. The van der Waals surface area contributed by atoms with Gasteiger partial charge in [0.25, 0.3) is 0 Å². The van der Waals surface area contributed by atoms with Crippen LogP contribution in [0.15, 0.2) is 24.3 Å². The van der Waals surface area contributed by atoms with Gasteiger partial charge < -0.3 is 5.32 Å². The summed E-state index contributed by atoms with van der Waals surface area (Å²) in [6.07, 6.45) is 1.07. The van der Waals surface area contributed by atoms with Gasteiger partial charge in [-0.2, -0.15) is 5.10 Å². The van der Waals surface area contributed by atoms with Crippen molar-refractivity contribution >= 4 is 17.5 Å². The van der Waals surface area contributed by atoms with Gasteiger partial charge in [-0.15, -0.1) is 0 Å². The molecule has 0 aliphatic carbocycles. The lowest BCUT2D eigenvalue weighted by molar-refractivity contribution is -0.122. The predicted molar refractivity (Wildman–Crippen MR) is 86.6 cm³/mol. The summed E-state index contributed by atoms with van der Waals surface area (Å²) in [5.74, 6) is 1.57. The second-order valence-corrected chi connectivity index (χ2v) is 6.13. The molecule has 0 saturated carbocycles. The summed E-state index contributed by atoms with van der Waals surface area (Å²) >= 11 is 5.95. The third-order valence-corrected chi connectivity index (χ3v) is 3.64. The highest BCUT2D eigenvalue weighted by molar-refractivity contribution is 6.30. The van der Waals surface area contributed by atoms with E-state index < -0.39 is 0 Å². The van der Waals surface area contributed by atoms with Gasteiger partial charge in [0.15, 0.2) is 5.82 Å². The van der Waals surface area contributed by atoms with Crippen molar-refractivity contribution in [2.45, 2.75) is 39.7 Å². The molecule has 1 heterocycles. The van der Waals surface area contributed by atoms with Gasteiger partial charge >= 0.3 is 0 Å². The number of aromatic nitrogens is 3. The summed E-state index contributed by atoms with van der Waals surface area (Å²) in [4.78, 5) is 16.5. The zero-order valence-corrected chi connectivity index (χ0v) is 13.8. The maximum absolute atomic E-state index is 12.2. The maximum atomic E-state index is 12.2. The molecule has 6 heteroatoms. The smallest absolute Gasteiger partial charge is 0.220 e. The van der Waals surface area contributed by atoms with E-state index in [9.17, 15) is 4.79 Å². The molecule has 0 aliphatic heterocycles. The third-order valence-electron chi connectivity index (χ3n) is 3.41. The van der Waals surface area contributed by atoms with Gasteiger partial charge in [-0.1, -0.05) is 37.6 Å². The fraction of sp³-hybridized carbons (Fsp3) is 0.438. The Labute approximate surface area is 135 Å². The van der Waals surface area contributed by atoms with E-state index >= 15 is 0 Å². The number of nitrogens with zero attached hydrogens (tertiary/aromatic N) is 2. The fourth-order valence-electron chi connectivity index (χ4n) is 2.22. The van der Waals surface area contributed by atoms with Crippen LogP contribution in [0.5, 0.6) is 0 Å². The second kappa shape index (κ2) is 7.40. The summed E-state index contributed by atoms with van der Waals surface area (Å²) < 4.78 is 0. The van der Waals surface area contributed by atoms with Gasteiger partial charge in [0, 0.05) is 11.4 Å². The van der Waals surface area contributed by atoms with Gasteiger partial charge in [0.1, 0.15) is 5.82 Å². The lowest BCUT2D eigenvalue weighted by atomic mass is 10.0. The Bertz CT molecular complexity index is 639. The number of amides is 1. The molecule has 0 fully saturated rings. The van der Waals surface area contributed by atoms with E-state index in [1.807, 2.05) is 45.0 Å². The van der Waals surface area contributed by atoms with Crippen molar-refractivity contribution in [2.24, 2.45) is 5.92 Å². The van der Waals surface area contributed by atoms with Crippen molar-refractivity contribution in [1.29, 1.82) is 0 Å². The first-order chi connectivity index (χ1) is 10.5. The molecular formula is C16H21ClN4O. The highest BCUT2D eigenvalue weighted by Gasteiger charge is 2.22. The number of carbonyl (C=O) groups excluding carboxylic acids is 1. The van der Waals surface area contributed by atoms with Crippen molar-refractivity contribution in [3.63, 3.8) is 0 Å². The molecule has 1 aromatic heterocycles. The Morgan fingerprint density at radius 1 is 1.41 bits per heavy atom. The zero-order chi connectivity index (χ0) is 16.1. The second-order valence-electron chi connectivity index (χ2n) is 5.70. The molecule has 0 radical (unpaired) electrons. The van der Waals surface area contributed by atoms with Crippen LogP contribution in [0, 0.1) is 12.8 Å². The Morgan fingerprint density at radius 3 is 2.77 bits per heavy atom. The van der Waals surface area contributed by atoms with Crippen LogP contribution in [-0.4, -0.2) is 21.1 Å². The number of carbonyl (C=O) groups is 1. The normalized spacial score (nSPS) is 12.4. The van der Waals surface area contributed by atoms with E-state index in [0.29, 0.717) is 23.7 Å². The highest BCUT2D eigenvalue weighted by atomic mass is 35.5. The Hall–Kier alpha value is -1.88. The number of hydrogen-bond donors (Lipinski definition) is 2. The van der Waals surface area contributed by atoms with E-state index in [0.717, 1.165) is 11.4 Å². The van der Waals surface area contributed by atoms with Crippen LogP contribution < -0.4 is 5.32 Å². The monoisotopic (exact) mass is 320 g/mol. The van der Waals surface area contributed by atoms with E-state index in [1.165, 1.54) is 0 Å². The van der Waals surface area contributed by atoms with Crippen molar-refractivity contribution in [3.8, 4) is 0 Å². The first-order valence-corrected chi connectivity index (χ1v) is 7.76. The average Bonchev–Trinajstić information content (AvgIpc) is 2.88. The number of nitrogens with one attached hydrogen (secondary N) is 2. The third kappa shape index (κ3) is 4.56. The molecular weight excluding hydrogens is 300 g/mol. The van der Waals surface area contributed by atoms with Crippen LogP contribution in [-0.2, 0) is 11.2 Å². The molecule has 1 atom stereocenters. The molecule has 2 rings (SSSR count).